The number of benzene rings is 2. The van der Waals surface area contributed by atoms with Crippen molar-refractivity contribution < 1.29 is 41.7 Å². The lowest BCUT2D eigenvalue weighted by Crippen LogP contribution is -2.51. The molecular formula is C28H27F4N3O5. The van der Waals surface area contributed by atoms with E-state index in [2.05, 4.69) is 10.3 Å². The SMILES string of the molecule is COc1ccc(C(=O)NCC(O)(c2cc3c(c(-c4ccc(F)cc4)n2)OCC3(C)N)C(F)(F)F)cc1OC1CC1. The van der Waals surface area contributed by atoms with Crippen LogP contribution in [0.15, 0.2) is 48.5 Å². The Hall–Kier alpha value is -3.90. The summed E-state index contributed by atoms with van der Waals surface area (Å²) < 4.78 is 73.7. The molecule has 5 rings (SSSR count). The molecule has 40 heavy (non-hydrogen) atoms. The monoisotopic (exact) mass is 561 g/mol. The van der Waals surface area contributed by atoms with Crippen LogP contribution in [0.3, 0.4) is 0 Å². The molecule has 3 aromatic rings. The van der Waals surface area contributed by atoms with Gasteiger partial charge in [0, 0.05) is 16.7 Å². The lowest BCUT2D eigenvalue weighted by atomic mass is 9.89. The Balaban J connectivity index is 1.50. The summed E-state index contributed by atoms with van der Waals surface area (Å²) in [6.07, 6.45) is -3.58. The summed E-state index contributed by atoms with van der Waals surface area (Å²) in [5, 5.41) is 13.3. The molecule has 0 spiro atoms. The van der Waals surface area contributed by atoms with E-state index in [9.17, 15) is 27.5 Å². The molecule has 1 fully saturated rings. The number of methoxy groups -OCH3 is 1. The molecular weight excluding hydrogens is 534 g/mol. The highest BCUT2D eigenvalue weighted by Gasteiger charge is 2.57. The van der Waals surface area contributed by atoms with Crippen LogP contribution in [0.5, 0.6) is 17.2 Å². The topological polar surface area (TPSA) is 116 Å². The van der Waals surface area contributed by atoms with Crippen molar-refractivity contribution in [1.29, 1.82) is 0 Å². The number of carbonyl (C=O) groups excluding carboxylic acids is 1. The quantitative estimate of drug-likeness (QED) is 0.354. The Morgan fingerprint density at radius 3 is 2.50 bits per heavy atom. The second kappa shape index (κ2) is 9.93. The van der Waals surface area contributed by atoms with Crippen LogP contribution >= 0.6 is 0 Å². The standard InChI is InChI=1S/C28H27F4N3O5/c1-26(33)14-39-24-19(26)12-22(35-23(24)15-3-6-17(29)7-4-15)27(37,28(30,31)32)13-34-25(36)16-5-10-20(38-2)21(11-16)40-18-8-9-18/h3-7,10-12,18,37H,8-9,13-14,33H2,1-2H3,(H,34,36). The number of rotatable bonds is 8. The molecule has 1 aliphatic heterocycles. The molecule has 8 nitrogen and oxygen atoms in total. The number of aromatic nitrogens is 1. The number of nitrogens with one attached hydrogen (secondary N) is 1. The van der Waals surface area contributed by atoms with Gasteiger partial charge in [-0.2, -0.15) is 13.2 Å². The van der Waals surface area contributed by atoms with E-state index in [1.165, 1.54) is 37.4 Å². The van der Waals surface area contributed by atoms with Gasteiger partial charge in [-0.25, -0.2) is 9.37 Å². The highest BCUT2D eigenvalue weighted by molar-refractivity contribution is 5.95. The van der Waals surface area contributed by atoms with Gasteiger partial charge in [0.1, 0.15) is 18.1 Å². The first-order valence-corrected chi connectivity index (χ1v) is 12.5. The maximum atomic E-state index is 14.5. The van der Waals surface area contributed by atoms with Crippen LogP contribution in [-0.4, -0.2) is 48.5 Å². The molecule has 1 amide bonds. The van der Waals surface area contributed by atoms with E-state index in [4.69, 9.17) is 19.9 Å². The molecule has 0 bridgehead atoms. The van der Waals surface area contributed by atoms with Gasteiger partial charge in [-0.3, -0.25) is 4.79 Å². The van der Waals surface area contributed by atoms with Gasteiger partial charge in [0.05, 0.1) is 31.0 Å². The first kappa shape index (κ1) is 27.7. The number of aliphatic hydroxyl groups is 1. The third kappa shape index (κ3) is 5.16. The molecule has 1 aromatic heterocycles. The van der Waals surface area contributed by atoms with Gasteiger partial charge in [-0.05, 0) is 68.3 Å². The molecule has 12 heteroatoms. The largest absolute Gasteiger partial charge is 0.493 e. The Labute approximate surface area is 227 Å². The smallest absolute Gasteiger partial charge is 0.424 e. The molecule has 2 heterocycles. The van der Waals surface area contributed by atoms with Crippen LogP contribution in [0.4, 0.5) is 17.6 Å². The van der Waals surface area contributed by atoms with E-state index in [0.717, 1.165) is 31.0 Å². The number of hydrogen-bond acceptors (Lipinski definition) is 7. The molecule has 2 atom stereocenters. The summed E-state index contributed by atoms with van der Waals surface area (Å²) in [4.78, 5) is 17.0. The van der Waals surface area contributed by atoms with Crippen molar-refractivity contribution in [2.75, 3.05) is 20.3 Å². The molecule has 2 aliphatic rings. The fourth-order valence-electron chi connectivity index (χ4n) is 4.34. The van der Waals surface area contributed by atoms with Gasteiger partial charge in [0.2, 0.25) is 5.60 Å². The lowest BCUT2D eigenvalue weighted by molar-refractivity contribution is -0.265. The first-order valence-electron chi connectivity index (χ1n) is 12.5. The highest BCUT2D eigenvalue weighted by Crippen LogP contribution is 2.46. The summed E-state index contributed by atoms with van der Waals surface area (Å²) >= 11 is 0. The second-order valence-electron chi connectivity index (χ2n) is 10.2. The zero-order chi connectivity index (χ0) is 28.9. The number of nitrogens with zero attached hydrogens (tertiary/aromatic N) is 1. The maximum absolute atomic E-state index is 14.5. The Morgan fingerprint density at radius 2 is 1.88 bits per heavy atom. The average Bonchev–Trinajstić information content (AvgIpc) is 3.68. The van der Waals surface area contributed by atoms with E-state index in [0.29, 0.717) is 5.75 Å². The van der Waals surface area contributed by atoms with Crippen LogP contribution < -0.4 is 25.3 Å². The highest BCUT2D eigenvalue weighted by atomic mass is 19.4. The van der Waals surface area contributed by atoms with Crippen molar-refractivity contribution in [3.8, 4) is 28.5 Å². The van der Waals surface area contributed by atoms with E-state index in [1.807, 2.05) is 0 Å². The minimum atomic E-state index is -5.26. The molecule has 2 unspecified atom stereocenters. The van der Waals surface area contributed by atoms with Gasteiger partial charge >= 0.3 is 6.18 Å². The van der Waals surface area contributed by atoms with Crippen molar-refractivity contribution in [3.63, 3.8) is 0 Å². The van der Waals surface area contributed by atoms with Gasteiger partial charge in [0.15, 0.2) is 17.2 Å². The molecule has 4 N–H and O–H groups in total. The lowest BCUT2D eigenvalue weighted by Gasteiger charge is -2.31. The normalized spacial score (nSPS) is 19.8. The Morgan fingerprint density at radius 1 is 1.18 bits per heavy atom. The fraction of sp³-hybridized carbons (Fsp3) is 0.357. The number of ether oxygens (including phenoxy) is 3. The van der Waals surface area contributed by atoms with E-state index < -0.39 is 41.3 Å². The number of hydrogen-bond donors (Lipinski definition) is 3. The van der Waals surface area contributed by atoms with Crippen molar-refractivity contribution in [3.05, 3.63) is 71.2 Å². The number of alkyl halides is 3. The van der Waals surface area contributed by atoms with Crippen LogP contribution in [-0.2, 0) is 11.1 Å². The van der Waals surface area contributed by atoms with Crippen LogP contribution in [0, 0.1) is 5.82 Å². The van der Waals surface area contributed by atoms with Gasteiger partial charge in [-0.1, -0.05) is 0 Å². The van der Waals surface area contributed by atoms with Gasteiger partial charge < -0.3 is 30.4 Å². The van der Waals surface area contributed by atoms with Crippen molar-refractivity contribution in [2.45, 2.75) is 43.2 Å². The summed E-state index contributed by atoms with van der Waals surface area (Å²) in [7, 11) is 1.43. The molecule has 1 aliphatic carbocycles. The number of amides is 1. The maximum Gasteiger partial charge on any atom is 0.424 e. The van der Waals surface area contributed by atoms with Crippen molar-refractivity contribution in [1.82, 2.24) is 10.3 Å². The molecule has 212 valence electrons. The van der Waals surface area contributed by atoms with Crippen LogP contribution in [0.25, 0.3) is 11.3 Å². The summed E-state index contributed by atoms with van der Waals surface area (Å²) in [5.41, 5.74) is 1.09. The number of fused-ring (bicyclic) bond motifs is 1. The van der Waals surface area contributed by atoms with E-state index in [1.54, 1.807) is 6.92 Å². The van der Waals surface area contributed by atoms with E-state index >= 15 is 0 Å². The van der Waals surface area contributed by atoms with Crippen LogP contribution in [0.2, 0.25) is 0 Å². The van der Waals surface area contributed by atoms with Crippen LogP contribution in [0.1, 0.15) is 41.4 Å². The average molecular weight is 562 g/mol. The number of halogens is 4. The minimum absolute atomic E-state index is 0.0119. The number of nitrogens with two attached hydrogens (primary N) is 1. The van der Waals surface area contributed by atoms with Gasteiger partial charge in [0.25, 0.3) is 5.91 Å². The van der Waals surface area contributed by atoms with Crippen molar-refractivity contribution >= 4 is 5.91 Å². The molecule has 1 saturated carbocycles. The fourth-order valence-corrected chi connectivity index (χ4v) is 4.34. The second-order valence-corrected chi connectivity index (χ2v) is 10.2. The molecule has 2 aromatic carbocycles. The van der Waals surface area contributed by atoms with E-state index in [-0.39, 0.29) is 46.6 Å². The molecule has 0 saturated heterocycles. The predicted octanol–water partition coefficient (Wildman–Crippen LogP) is 4.18. The van der Waals surface area contributed by atoms with Gasteiger partial charge in [-0.15, -0.1) is 0 Å². The Bertz CT molecular complexity index is 1440. The Kier molecular flexibility index (Phi) is 6.87. The zero-order valence-electron chi connectivity index (χ0n) is 21.6. The first-order chi connectivity index (χ1) is 18.8. The summed E-state index contributed by atoms with van der Waals surface area (Å²) in [5.74, 6) is -0.638. The van der Waals surface area contributed by atoms with Crippen molar-refractivity contribution in [2.24, 2.45) is 5.73 Å². The minimum Gasteiger partial charge on any atom is -0.493 e. The number of pyridine rings is 1. The summed E-state index contributed by atoms with van der Waals surface area (Å²) in [6.45, 7) is 0.263. The predicted molar refractivity (Wildman–Crippen MR) is 136 cm³/mol. The third-order valence-electron chi connectivity index (χ3n) is 6.86. The third-order valence-corrected chi connectivity index (χ3v) is 6.86. The summed E-state index contributed by atoms with van der Waals surface area (Å²) in [6, 6.07) is 10.2. The molecule has 0 radical (unpaired) electrons. The zero-order valence-corrected chi connectivity index (χ0v) is 21.6. The number of carbonyl (C=O) groups is 1.